The van der Waals surface area contributed by atoms with Gasteiger partial charge in [-0.05, 0) is 54.4 Å². The van der Waals surface area contributed by atoms with Gasteiger partial charge in [0.05, 0.1) is 14.2 Å². The molecular weight excluding hydrogens is 328 g/mol. The topological polar surface area (TPSA) is 68.3 Å². The van der Waals surface area contributed by atoms with E-state index in [1.54, 1.807) is 20.4 Å². The van der Waals surface area contributed by atoms with Gasteiger partial charge in [0.15, 0.2) is 0 Å². The molecule has 0 spiro atoms. The van der Waals surface area contributed by atoms with Crippen molar-refractivity contribution in [3.05, 3.63) is 66.4 Å². The molecule has 26 heavy (non-hydrogen) atoms. The van der Waals surface area contributed by atoms with Crippen molar-refractivity contribution >= 4 is 17.5 Å². The first-order valence-corrected chi connectivity index (χ1v) is 8.38. The fraction of sp³-hybridized carbons (Fsp3) is 0.200. The SMILES string of the molecule is COc1ccc(CCNc2ccnc(Nc3ccc(OC)cc3)n2)cc1. The Kier molecular flexibility index (Phi) is 5.88. The number of nitrogens with zero attached hydrogens (tertiary/aromatic N) is 2. The van der Waals surface area contributed by atoms with Crippen molar-refractivity contribution in [1.82, 2.24) is 9.97 Å². The lowest BCUT2D eigenvalue weighted by atomic mass is 10.1. The summed E-state index contributed by atoms with van der Waals surface area (Å²) in [5, 5.41) is 6.51. The summed E-state index contributed by atoms with van der Waals surface area (Å²) >= 11 is 0. The van der Waals surface area contributed by atoms with Gasteiger partial charge in [0.2, 0.25) is 5.95 Å². The maximum Gasteiger partial charge on any atom is 0.229 e. The van der Waals surface area contributed by atoms with Crippen LogP contribution in [-0.4, -0.2) is 30.7 Å². The number of benzene rings is 2. The molecule has 134 valence electrons. The Labute approximate surface area is 153 Å². The number of hydrogen-bond acceptors (Lipinski definition) is 6. The minimum Gasteiger partial charge on any atom is -0.497 e. The van der Waals surface area contributed by atoms with Crippen LogP contribution in [0.3, 0.4) is 0 Å². The van der Waals surface area contributed by atoms with Crippen LogP contribution in [0.5, 0.6) is 11.5 Å². The first-order valence-electron chi connectivity index (χ1n) is 8.38. The minimum absolute atomic E-state index is 0.546. The summed E-state index contributed by atoms with van der Waals surface area (Å²) in [5.41, 5.74) is 2.14. The van der Waals surface area contributed by atoms with Crippen LogP contribution in [0.4, 0.5) is 17.5 Å². The van der Waals surface area contributed by atoms with E-state index in [0.717, 1.165) is 36.0 Å². The second-order valence-corrected chi connectivity index (χ2v) is 5.64. The second kappa shape index (κ2) is 8.71. The summed E-state index contributed by atoms with van der Waals surface area (Å²) in [6.45, 7) is 0.783. The van der Waals surface area contributed by atoms with Gasteiger partial charge in [-0.3, -0.25) is 0 Å². The highest BCUT2D eigenvalue weighted by atomic mass is 16.5. The third kappa shape index (κ3) is 4.86. The largest absolute Gasteiger partial charge is 0.497 e. The summed E-state index contributed by atoms with van der Waals surface area (Å²) in [5.74, 6) is 3.01. The Morgan fingerprint density at radius 3 is 2.15 bits per heavy atom. The maximum atomic E-state index is 5.17. The second-order valence-electron chi connectivity index (χ2n) is 5.64. The van der Waals surface area contributed by atoms with Gasteiger partial charge >= 0.3 is 0 Å². The van der Waals surface area contributed by atoms with Crippen LogP contribution >= 0.6 is 0 Å². The Bertz CT molecular complexity index is 820. The third-order valence-electron chi connectivity index (χ3n) is 3.88. The highest BCUT2D eigenvalue weighted by molar-refractivity contribution is 5.55. The predicted molar refractivity (Wildman–Crippen MR) is 103 cm³/mol. The number of nitrogens with one attached hydrogen (secondary N) is 2. The van der Waals surface area contributed by atoms with E-state index in [1.807, 2.05) is 42.5 Å². The molecule has 0 bridgehead atoms. The fourth-order valence-electron chi connectivity index (χ4n) is 2.45. The van der Waals surface area contributed by atoms with Crippen molar-refractivity contribution in [3.63, 3.8) is 0 Å². The Balaban J connectivity index is 1.54. The van der Waals surface area contributed by atoms with E-state index in [2.05, 4.69) is 32.7 Å². The van der Waals surface area contributed by atoms with Crippen LogP contribution in [0.1, 0.15) is 5.56 Å². The molecule has 0 saturated carbocycles. The monoisotopic (exact) mass is 350 g/mol. The van der Waals surface area contributed by atoms with Crippen LogP contribution in [0.2, 0.25) is 0 Å². The van der Waals surface area contributed by atoms with E-state index in [4.69, 9.17) is 9.47 Å². The summed E-state index contributed by atoms with van der Waals surface area (Å²) < 4.78 is 10.3. The van der Waals surface area contributed by atoms with Gasteiger partial charge in [-0.1, -0.05) is 12.1 Å². The Morgan fingerprint density at radius 1 is 0.846 bits per heavy atom. The van der Waals surface area contributed by atoms with Gasteiger partial charge < -0.3 is 20.1 Å². The van der Waals surface area contributed by atoms with Crippen LogP contribution < -0.4 is 20.1 Å². The number of anilines is 3. The molecule has 6 heteroatoms. The average molecular weight is 350 g/mol. The predicted octanol–water partition coefficient (Wildman–Crippen LogP) is 3.89. The molecule has 0 amide bonds. The van der Waals surface area contributed by atoms with Gasteiger partial charge in [0, 0.05) is 18.4 Å². The molecule has 0 unspecified atom stereocenters. The van der Waals surface area contributed by atoms with Gasteiger partial charge in [0.25, 0.3) is 0 Å². The first-order chi connectivity index (χ1) is 12.8. The summed E-state index contributed by atoms with van der Waals surface area (Å²) in [6.07, 6.45) is 2.63. The van der Waals surface area contributed by atoms with Gasteiger partial charge in [-0.25, -0.2) is 4.98 Å². The number of rotatable bonds is 8. The van der Waals surface area contributed by atoms with Gasteiger partial charge in [-0.15, -0.1) is 0 Å². The third-order valence-corrected chi connectivity index (χ3v) is 3.88. The molecule has 0 saturated heterocycles. The van der Waals surface area contributed by atoms with Crippen molar-refractivity contribution in [3.8, 4) is 11.5 Å². The molecule has 3 rings (SSSR count). The summed E-state index contributed by atoms with van der Waals surface area (Å²) in [7, 11) is 3.32. The molecule has 0 atom stereocenters. The van der Waals surface area contributed by atoms with E-state index >= 15 is 0 Å². The maximum absolute atomic E-state index is 5.17. The normalized spacial score (nSPS) is 10.2. The van der Waals surface area contributed by atoms with Crippen molar-refractivity contribution < 1.29 is 9.47 Å². The molecular formula is C20H22N4O2. The van der Waals surface area contributed by atoms with Gasteiger partial charge in [-0.2, -0.15) is 4.98 Å². The number of methoxy groups -OCH3 is 2. The van der Waals surface area contributed by atoms with E-state index in [1.165, 1.54) is 5.56 Å². The van der Waals surface area contributed by atoms with E-state index in [-0.39, 0.29) is 0 Å². The lowest BCUT2D eigenvalue weighted by Crippen LogP contribution is -2.07. The number of aromatic nitrogens is 2. The molecule has 2 aromatic carbocycles. The highest BCUT2D eigenvalue weighted by Gasteiger charge is 2.01. The molecule has 2 N–H and O–H groups in total. The molecule has 0 radical (unpaired) electrons. The molecule has 1 aromatic heterocycles. The summed E-state index contributed by atoms with van der Waals surface area (Å²) in [4.78, 5) is 8.74. The van der Waals surface area contributed by atoms with Crippen molar-refractivity contribution in [2.45, 2.75) is 6.42 Å². The molecule has 0 aliphatic carbocycles. The zero-order chi connectivity index (χ0) is 18.2. The van der Waals surface area contributed by atoms with Crippen LogP contribution in [0.15, 0.2) is 60.8 Å². The van der Waals surface area contributed by atoms with Crippen LogP contribution in [0.25, 0.3) is 0 Å². The lowest BCUT2D eigenvalue weighted by Gasteiger charge is -2.09. The molecule has 1 heterocycles. The summed E-state index contributed by atoms with van der Waals surface area (Å²) in [6, 6.07) is 17.5. The molecule has 6 nitrogen and oxygen atoms in total. The van der Waals surface area contributed by atoms with E-state index in [9.17, 15) is 0 Å². The minimum atomic E-state index is 0.546. The number of ether oxygens (including phenoxy) is 2. The lowest BCUT2D eigenvalue weighted by molar-refractivity contribution is 0.414. The average Bonchev–Trinajstić information content (AvgIpc) is 2.69. The standard InChI is InChI=1S/C20H22N4O2/c1-25-17-7-3-15(4-8-17)11-13-21-19-12-14-22-20(24-19)23-16-5-9-18(26-2)10-6-16/h3-10,12,14H,11,13H2,1-2H3,(H2,21,22,23,24). The number of hydrogen-bond donors (Lipinski definition) is 2. The first kappa shape index (κ1) is 17.5. The zero-order valence-electron chi connectivity index (χ0n) is 14.9. The van der Waals surface area contributed by atoms with E-state index < -0.39 is 0 Å². The van der Waals surface area contributed by atoms with Crippen LogP contribution in [-0.2, 0) is 6.42 Å². The van der Waals surface area contributed by atoms with Crippen molar-refractivity contribution in [1.29, 1.82) is 0 Å². The van der Waals surface area contributed by atoms with Crippen molar-refractivity contribution in [2.75, 3.05) is 31.4 Å². The van der Waals surface area contributed by atoms with Crippen molar-refractivity contribution in [2.24, 2.45) is 0 Å². The van der Waals surface area contributed by atoms with Crippen LogP contribution in [0, 0.1) is 0 Å². The van der Waals surface area contributed by atoms with Gasteiger partial charge in [0.1, 0.15) is 17.3 Å². The molecule has 0 aliphatic heterocycles. The highest BCUT2D eigenvalue weighted by Crippen LogP contribution is 2.18. The zero-order valence-corrected chi connectivity index (χ0v) is 14.9. The quantitative estimate of drug-likeness (QED) is 0.642. The molecule has 3 aromatic rings. The molecule has 0 aliphatic rings. The van der Waals surface area contributed by atoms with E-state index in [0.29, 0.717) is 5.95 Å². The molecule has 0 fully saturated rings. The Morgan fingerprint density at radius 2 is 1.50 bits per heavy atom. The smallest absolute Gasteiger partial charge is 0.229 e. The fourth-order valence-corrected chi connectivity index (χ4v) is 2.45. The Hall–Kier alpha value is -3.28.